The summed E-state index contributed by atoms with van der Waals surface area (Å²) < 4.78 is 36.1. The van der Waals surface area contributed by atoms with Crippen LogP contribution in [0.2, 0.25) is 0 Å². The van der Waals surface area contributed by atoms with E-state index in [-0.39, 0.29) is 12.8 Å². The fourth-order valence-electron chi connectivity index (χ4n) is 1.52. The van der Waals surface area contributed by atoms with E-state index in [1.54, 1.807) is 0 Å². The molecule has 0 aromatic heterocycles. The molecule has 0 heterocycles. The molecule has 0 saturated heterocycles. The molecule has 0 bridgehead atoms. The van der Waals surface area contributed by atoms with Gasteiger partial charge < -0.3 is 10.8 Å². The topological polar surface area (TPSA) is 63.3 Å². The van der Waals surface area contributed by atoms with Gasteiger partial charge in [-0.3, -0.25) is 4.79 Å². The first-order chi connectivity index (χ1) is 5.84. The predicted octanol–water partition coefficient (Wildman–Crippen LogP) is 0.987. The van der Waals surface area contributed by atoms with Crippen LogP contribution in [0.5, 0.6) is 0 Å². The van der Waals surface area contributed by atoms with Crippen LogP contribution in [-0.4, -0.2) is 23.3 Å². The van der Waals surface area contributed by atoms with Crippen LogP contribution < -0.4 is 5.73 Å². The Hall–Kier alpha value is -0.780. The fourth-order valence-corrected chi connectivity index (χ4v) is 1.52. The smallest absolute Gasteiger partial charge is 0.393 e. The number of halogens is 3. The van der Waals surface area contributed by atoms with E-state index in [2.05, 4.69) is 0 Å². The maximum atomic E-state index is 12.0. The van der Waals surface area contributed by atoms with Crippen molar-refractivity contribution in [2.24, 2.45) is 17.6 Å². The Morgan fingerprint density at radius 2 is 2.00 bits per heavy atom. The predicted molar refractivity (Wildman–Crippen MR) is 37.9 cm³/mol. The molecule has 1 aliphatic carbocycles. The molecule has 6 heteroatoms. The number of rotatable bonds is 3. The molecule has 1 saturated carbocycles. The van der Waals surface area contributed by atoms with E-state index in [9.17, 15) is 18.0 Å². The molecular weight excluding hydrogens is 187 g/mol. The molecule has 13 heavy (non-hydrogen) atoms. The van der Waals surface area contributed by atoms with Crippen molar-refractivity contribution in [2.75, 3.05) is 0 Å². The summed E-state index contributed by atoms with van der Waals surface area (Å²) in [5, 5.41) is 8.24. The van der Waals surface area contributed by atoms with Gasteiger partial charge >= 0.3 is 12.1 Å². The molecule has 1 aliphatic rings. The summed E-state index contributed by atoms with van der Waals surface area (Å²) in [4.78, 5) is 10.1. The molecule has 1 fully saturated rings. The van der Waals surface area contributed by atoms with Crippen LogP contribution in [0.4, 0.5) is 13.2 Å². The molecule has 0 aliphatic heterocycles. The van der Waals surface area contributed by atoms with Crippen LogP contribution in [0.1, 0.15) is 12.8 Å². The molecule has 1 rings (SSSR count). The van der Waals surface area contributed by atoms with Crippen LogP contribution in [0, 0.1) is 11.8 Å². The lowest BCUT2D eigenvalue weighted by Crippen LogP contribution is -2.17. The Labute approximate surface area is 72.7 Å². The number of aliphatic carboxylic acids is 1. The highest BCUT2D eigenvalue weighted by atomic mass is 19.4. The molecule has 0 unspecified atom stereocenters. The van der Waals surface area contributed by atoms with E-state index in [0.717, 1.165) is 0 Å². The number of alkyl halides is 3. The molecule has 0 amide bonds. The van der Waals surface area contributed by atoms with E-state index in [4.69, 9.17) is 10.8 Å². The minimum absolute atomic E-state index is 0.0146. The van der Waals surface area contributed by atoms with Gasteiger partial charge in [0.2, 0.25) is 0 Å². The number of nitrogens with two attached hydrogens (primary N) is 1. The second kappa shape index (κ2) is 3.17. The van der Waals surface area contributed by atoms with Gasteiger partial charge in [-0.2, -0.15) is 13.2 Å². The average Bonchev–Trinajstić information content (AvgIpc) is 2.55. The van der Waals surface area contributed by atoms with E-state index >= 15 is 0 Å². The second-order valence-corrected chi connectivity index (χ2v) is 3.24. The third kappa shape index (κ3) is 2.33. The standard InChI is InChI=1S/C7H10F3NO2/c8-7(9,10)5-3(6(5)11)1-2-4(12)13/h3,5-6H,1-2,11H2,(H,12,13)/t3-,5-,6-/m1/s1. The van der Waals surface area contributed by atoms with Crippen molar-refractivity contribution in [3.63, 3.8) is 0 Å². The molecular formula is C7H10F3NO2. The first-order valence-corrected chi connectivity index (χ1v) is 3.88. The van der Waals surface area contributed by atoms with Crippen molar-refractivity contribution in [1.29, 1.82) is 0 Å². The summed E-state index contributed by atoms with van der Waals surface area (Å²) in [5.74, 6) is -3.28. The van der Waals surface area contributed by atoms with E-state index < -0.39 is 30.0 Å². The highest BCUT2D eigenvalue weighted by Crippen LogP contribution is 2.51. The zero-order valence-corrected chi connectivity index (χ0v) is 6.71. The number of carboxylic acids is 1. The molecule has 0 radical (unpaired) electrons. The Morgan fingerprint density at radius 1 is 1.46 bits per heavy atom. The van der Waals surface area contributed by atoms with Gasteiger partial charge in [-0.05, 0) is 12.3 Å². The Kier molecular flexibility index (Phi) is 2.51. The summed E-state index contributed by atoms with van der Waals surface area (Å²) in [6, 6.07) is -0.903. The van der Waals surface area contributed by atoms with Gasteiger partial charge in [0, 0.05) is 12.5 Å². The number of carboxylic acid groups (broad SMARTS) is 1. The molecule has 3 N–H and O–H groups in total. The largest absolute Gasteiger partial charge is 0.481 e. The number of hydrogen-bond acceptors (Lipinski definition) is 2. The zero-order valence-electron chi connectivity index (χ0n) is 6.71. The van der Waals surface area contributed by atoms with Gasteiger partial charge in [0.05, 0.1) is 5.92 Å². The minimum Gasteiger partial charge on any atom is -0.481 e. The van der Waals surface area contributed by atoms with E-state index in [0.29, 0.717) is 0 Å². The lowest BCUT2D eigenvalue weighted by molar-refractivity contribution is -0.152. The van der Waals surface area contributed by atoms with Gasteiger partial charge in [-0.15, -0.1) is 0 Å². The lowest BCUT2D eigenvalue weighted by Gasteiger charge is -2.03. The van der Waals surface area contributed by atoms with Crippen LogP contribution >= 0.6 is 0 Å². The first kappa shape index (κ1) is 10.3. The van der Waals surface area contributed by atoms with Crippen LogP contribution in [-0.2, 0) is 4.79 Å². The second-order valence-electron chi connectivity index (χ2n) is 3.24. The van der Waals surface area contributed by atoms with Crippen molar-refractivity contribution >= 4 is 5.97 Å². The normalized spacial score (nSPS) is 33.1. The Bertz CT molecular complexity index is 216. The fraction of sp³-hybridized carbons (Fsp3) is 0.857. The van der Waals surface area contributed by atoms with Gasteiger partial charge in [-0.25, -0.2) is 0 Å². The molecule has 0 spiro atoms. The summed E-state index contributed by atoms with van der Waals surface area (Å²) in [5.41, 5.74) is 5.17. The first-order valence-electron chi connectivity index (χ1n) is 3.88. The summed E-state index contributed by atoms with van der Waals surface area (Å²) in [7, 11) is 0. The average molecular weight is 197 g/mol. The van der Waals surface area contributed by atoms with Gasteiger partial charge in [0.1, 0.15) is 0 Å². The quantitative estimate of drug-likeness (QED) is 0.709. The maximum absolute atomic E-state index is 12.0. The third-order valence-electron chi connectivity index (χ3n) is 2.30. The van der Waals surface area contributed by atoms with Crippen LogP contribution in [0.25, 0.3) is 0 Å². The highest BCUT2D eigenvalue weighted by molar-refractivity contribution is 5.66. The zero-order chi connectivity index (χ0) is 10.2. The number of carbonyl (C=O) groups is 1. The van der Waals surface area contributed by atoms with E-state index in [1.165, 1.54) is 0 Å². The molecule has 0 aromatic carbocycles. The minimum atomic E-state index is -4.28. The van der Waals surface area contributed by atoms with Crippen molar-refractivity contribution in [2.45, 2.75) is 25.1 Å². The molecule has 0 aromatic rings. The maximum Gasteiger partial charge on any atom is 0.393 e. The van der Waals surface area contributed by atoms with Crippen molar-refractivity contribution in [1.82, 2.24) is 0 Å². The third-order valence-corrected chi connectivity index (χ3v) is 2.30. The van der Waals surface area contributed by atoms with Crippen molar-refractivity contribution < 1.29 is 23.1 Å². The molecule has 76 valence electrons. The van der Waals surface area contributed by atoms with Crippen molar-refractivity contribution in [3.8, 4) is 0 Å². The summed E-state index contributed by atoms with van der Waals surface area (Å²) in [6.45, 7) is 0. The SMILES string of the molecule is N[C@@H]1[C@H](CCC(=O)O)[C@H]1C(F)(F)F. The van der Waals surface area contributed by atoms with E-state index in [1.807, 2.05) is 0 Å². The van der Waals surface area contributed by atoms with Gasteiger partial charge in [0.15, 0.2) is 0 Å². The number of hydrogen-bond donors (Lipinski definition) is 2. The molecule has 3 atom stereocenters. The van der Waals surface area contributed by atoms with Gasteiger partial charge in [0.25, 0.3) is 0 Å². The summed E-state index contributed by atoms with van der Waals surface area (Å²) in [6.07, 6.45) is -4.51. The Morgan fingerprint density at radius 3 is 2.31 bits per heavy atom. The monoisotopic (exact) mass is 197 g/mol. The van der Waals surface area contributed by atoms with Gasteiger partial charge in [-0.1, -0.05) is 0 Å². The van der Waals surface area contributed by atoms with Crippen LogP contribution in [0.15, 0.2) is 0 Å². The summed E-state index contributed by atoms with van der Waals surface area (Å²) >= 11 is 0. The lowest BCUT2D eigenvalue weighted by atomic mass is 10.2. The van der Waals surface area contributed by atoms with Crippen LogP contribution in [0.3, 0.4) is 0 Å². The van der Waals surface area contributed by atoms with Crippen molar-refractivity contribution in [3.05, 3.63) is 0 Å². The molecule has 3 nitrogen and oxygen atoms in total. The highest BCUT2D eigenvalue weighted by Gasteiger charge is 2.62. The Balaban J connectivity index is 2.36.